The molecule has 1 N–H and O–H groups in total. The van der Waals surface area contributed by atoms with Gasteiger partial charge < -0.3 is 5.32 Å². The van der Waals surface area contributed by atoms with Crippen LogP contribution in [0.3, 0.4) is 0 Å². The molecule has 2 nitrogen and oxygen atoms in total. The number of benzene rings is 1. The molecule has 17 heavy (non-hydrogen) atoms. The molecule has 0 aliphatic heterocycles. The van der Waals surface area contributed by atoms with Crippen LogP contribution < -0.4 is 5.32 Å². The van der Waals surface area contributed by atoms with Crippen molar-refractivity contribution >= 4 is 11.8 Å². The van der Waals surface area contributed by atoms with Crippen molar-refractivity contribution in [3.63, 3.8) is 0 Å². The molecule has 3 heteroatoms. The highest BCUT2D eigenvalue weighted by atomic mass is 32.2. The molecular formula is C14H16N2S. The molecule has 1 heterocycles. The van der Waals surface area contributed by atoms with Crippen LogP contribution in [0.1, 0.15) is 18.5 Å². The van der Waals surface area contributed by atoms with Crippen LogP contribution in [0.25, 0.3) is 0 Å². The van der Waals surface area contributed by atoms with Gasteiger partial charge in [0.25, 0.3) is 0 Å². The van der Waals surface area contributed by atoms with Gasteiger partial charge in [-0.2, -0.15) is 0 Å². The Labute approximate surface area is 106 Å². The molecule has 2 aromatic rings. The van der Waals surface area contributed by atoms with Gasteiger partial charge in [0.05, 0.1) is 0 Å². The third-order valence-electron chi connectivity index (χ3n) is 2.66. The summed E-state index contributed by atoms with van der Waals surface area (Å²) in [4.78, 5) is 5.68. The molecule has 2 rings (SSSR count). The van der Waals surface area contributed by atoms with Gasteiger partial charge in [0.1, 0.15) is 5.03 Å². The van der Waals surface area contributed by atoms with Crippen molar-refractivity contribution in [3.05, 3.63) is 54.2 Å². The van der Waals surface area contributed by atoms with Gasteiger partial charge in [0.15, 0.2) is 0 Å². The Bertz CT molecular complexity index is 471. The molecule has 0 saturated heterocycles. The van der Waals surface area contributed by atoms with Gasteiger partial charge in [-0.1, -0.05) is 36.0 Å². The average molecular weight is 244 g/mol. The van der Waals surface area contributed by atoms with E-state index in [0.717, 1.165) is 5.03 Å². The van der Waals surface area contributed by atoms with Gasteiger partial charge in [-0.3, -0.25) is 0 Å². The molecule has 1 aromatic carbocycles. The Kier molecular flexibility index (Phi) is 4.18. The molecule has 0 bridgehead atoms. The van der Waals surface area contributed by atoms with E-state index in [1.807, 2.05) is 37.5 Å². The molecular weight excluding hydrogens is 228 g/mol. The van der Waals surface area contributed by atoms with Gasteiger partial charge >= 0.3 is 0 Å². The second-order valence-corrected chi connectivity index (χ2v) is 4.89. The van der Waals surface area contributed by atoms with Crippen LogP contribution in [0.2, 0.25) is 0 Å². The van der Waals surface area contributed by atoms with Crippen LogP contribution >= 0.6 is 11.8 Å². The summed E-state index contributed by atoms with van der Waals surface area (Å²) in [6, 6.07) is 14.8. The Balaban J connectivity index is 2.27. The summed E-state index contributed by atoms with van der Waals surface area (Å²) >= 11 is 1.71. The quantitative estimate of drug-likeness (QED) is 0.891. The number of hydrogen-bond acceptors (Lipinski definition) is 3. The van der Waals surface area contributed by atoms with E-state index in [9.17, 15) is 0 Å². The summed E-state index contributed by atoms with van der Waals surface area (Å²) in [6.07, 6.45) is 1.84. The lowest BCUT2D eigenvalue weighted by Crippen LogP contribution is -2.13. The zero-order valence-electron chi connectivity index (χ0n) is 10.1. The first-order chi connectivity index (χ1) is 8.31. The molecule has 0 fully saturated rings. The van der Waals surface area contributed by atoms with Crippen molar-refractivity contribution in [2.45, 2.75) is 22.9 Å². The molecule has 0 radical (unpaired) electrons. The van der Waals surface area contributed by atoms with Crippen LogP contribution in [-0.2, 0) is 0 Å². The fourth-order valence-electron chi connectivity index (χ4n) is 1.57. The van der Waals surface area contributed by atoms with Crippen molar-refractivity contribution in [3.8, 4) is 0 Å². The molecule has 0 aliphatic rings. The van der Waals surface area contributed by atoms with E-state index in [1.165, 1.54) is 10.5 Å². The minimum Gasteiger partial charge on any atom is -0.313 e. The standard InChI is InChI=1S/C14H16N2S/c1-11(15-2)13-9-6-10-16-14(13)17-12-7-4-3-5-8-12/h3-11,15H,1-2H3. The Morgan fingerprint density at radius 2 is 1.88 bits per heavy atom. The van der Waals surface area contributed by atoms with E-state index in [0.29, 0.717) is 6.04 Å². The summed E-state index contributed by atoms with van der Waals surface area (Å²) in [5, 5.41) is 4.32. The monoisotopic (exact) mass is 244 g/mol. The number of nitrogens with one attached hydrogen (secondary N) is 1. The molecule has 0 saturated carbocycles. The highest BCUT2D eigenvalue weighted by molar-refractivity contribution is 7.99. The Morgan fingerprint density at radius 1 is 1.12 bits per heavy atom. The third kappa shape index (κ3) is 3.08. The van der Waals surface area contributed by atoms with Crippen molar-refractivity contribution in [2.24, 2.45) is 0 Å². The van der Waals surface area contributed by atoms with E-state index in [4.69, 9.17) is 0 Å². The second kappa shape index (κ2) is 5.84. The third-order valence-corrected chi connectivity index (χ3v) is 3.70. The minimum absolute atomic E-state index is 0.315. The van der Waals surface area contributed by atoms with Crippen molar-refractivity contribution < 1.29 is 0 Å². The number of rotatable bonds is 4. The lowest BCUT2D eigenvalue weighted by Gasteiger charge is -2.14. The van der Waals surface area contributed by atoms with E-state index in [2.05, 4.69) is 35.4 Å². The van der Waals surface area contributed by atoms with Crippen molar-refractivity contribution in [1.29, 1.82) is 0 Å². The summed E-state index contributed by atoms with van der Waals surface area (Å²) in [5.41, 5.74) is 1.24. The average Bonchev–Trinajstić information content (AvgIpc) is 2.40. The highest BCUT2D eigenvalue weighted by Gasteiger charge is 2.10. The van der Waals surface area contributed by atoms with Gasteiger partial charge in [-0.25, -0.2) is 4.98 Å². The zero-order chi connectivity index (χ0) is 12.1. The maximum atomic E-state index is 4.47. The van der Waals surface area contributed by atoms with E-state index in [-0.39, 0.29) is 0 Å². The topological polar surface area (TPSA) is 24.9 Å². The van der Waals surface area contributed by atoms with Crippen LogP contribution in [-0.4, -0.2) is 12.0 Å². The molecule has 1 aromatic heterocycles. The van der Waals surface area contributed by atoms with Gasteiger partial charge in [-0.05, 0) is 32.2 Å². The first-order valence-corrected chi connectivity index (χ1v) is 6.48. The van der Waals surface area contributed by atoms with Crippen molar-refractivity contribution in [2.75, 3.05) is 7.05 Å². The van der Waals surface area contributed by atoms with Crippen LogP contribution in [0.4, 0.5) is 0 Å². The van der Waals surface area contributed by atoms with Gasteiger partial charge in [0, 0.05) is 22.7 Å². The Hall–Kier alpha value is -1.32. The number of pyridine rings is 1. The smallest absolute Gasteiger partial charge is 0.105 e. The van der Waals surface area contributed by atoms with E-state index < -0.39 is 0 Å². The maximum Gasteiger partial charge on any atom is 0.105 e. The predicted molar refractivity (Wildman–Crippen MR) is 72.3 cm³/mol. The fourth-order valence-corrected chi connectivity index (χ4v) is 2.57. The first-order valence-electron chi connectivity index (χ1n) is 5.66. The number of aromatic nitrogens is 1. The van der Waals surface area contributed by atoms with Crippen LogP contribution in [0.5, 0.6) is 0 Å². The molecule has 0 spiro atoms. The summed E-state index contributed by atoms with van der Waals surface area (Å²) in [7, 11) is 1.97. The van der Waals surface area contributed by atoms with Crippen LogP contribution in [0.15, 0.2) is 58.6 Å². The fraction of sp³-hybridized carbons (Fsp3) is 0.214. The zero-order valence-corrected chi connectivity index (χ0v) is 10.9. The maximum absolute atomic E-state index is 4.47. The largest absolute Gasteiger partial charge is 0.313 e. The summed E-state index contributed by atoms with van der Waals surface area (Å²) in [6.45, 7) is 2.14. The van der Waals surface area contributed by atoms with Crippen molar-refractivity contribution in [1.82, 2.24) is 10.3 Å². The number of hydrogen-bond donors (Lipinski definition) is 1. The summed E-state index contributed by atoms with van der Waals surface area (Å²) < 4.78 is 0. The van der Waals surface area contributed by atoms with Crippen LogP contribution in [0, 0.1) is 0 Å². The molecule has 0 amide bonds. The first kappa shape index (κ1) is 12.1. The van der Waals surface area contributed by atoms with Gasteiger partial charge in [-0.15, -0.1) is 0 Å². The molecule has 1 atom stereocenters. The Morgan fingerprint density at radius 3 is 2.59 bits per heavy atom. The summed E-state index contributed by atoms with van der Waals surface area (Å²) in [5.74, 6) is 0. The second-order valence-electron chi connectivity index (χ2n) is 3.82. The SMILES string of the molecule is CNC(C)c1cccnc1Sc1ccccc1. The normalized spacial score (nSPS) is 12.4. The minimum atomic E-state index is 0.315. The molecule has 88 valence electrons. The lowest BCUT2D eigenvalue weighted by molar-refractivity contribution is 0.634. The lowest BCUT2D eigenvalue weighted by atomic mass is 10.1. The predicted octanol–water partition coefficient (Wildman–Crippen LogP) is 3.51. The van der Waals surface area contributed by atoms with Gasteiger partial charge in [0.2, 0.25) is 0 Å². The molecule has 1 unspecified atom stereocenters. The highest BCUT2D eigenvalue weighted by Crippen LogP contribution is 2.30. The van der Waals surface area contributed by atoms with E-state index >= 15 is 0 Å². The molecule has 0 aliphatic carbocycles. The number of nitrogens with zero attached hydrogens (tertiary/aromatic N) is 1. The van der Waals surface area contributed by atoms with E-state index in [1.54, 1.807) is 11.8 Å².